The molecule has 1 rings (SSSR count). The van der Waals surface area contributed by atoms with Crippen LogP contribution in [0.5, 0.6) is 0 Å². The van der Waals surface area contributed by atoms with Crippen LogP contribution in [0.25, 0.3) is 0 Å². The normalized spacial score (nSPS) is 10.6. The van der Waals surface area contributed by atoms with Crippen molar-refractivity contribution >= 4 is 5.69 Å². The Morgan fingerprint density at radius 3 is 2.50 bits per heavy atom. The van der Waals surface area contributed by atoms with E-state index in [2.05, 4.69) is 5.32 Å². The van der Waals surface area contributed by atoms with Gasteiger partial charge in [0.25, 0.3) is 0 Å². The van der Waals surface area contributed by atoms with Crippen LogP contribution in [0.2, 0.25) is 0 Å². The fourth-order valence-corrected chi connectivity index (χ4v) is 1.33. The van der Waals surface area contributed by atoms with Gasteiger partial charge in [0.15, 0.2) is 0 Å². The maximum absolute atomic E-state index is 12.8. The molecule has 0 atom stereocenters. The van der Waals surface area contributed by atoms with Crippen molar-refractivity contribution in [1.82, 2.24) is 0 Å². The molecule has 0 heterocycles. The van der Waals surface area contributed by atoms with Gasteiger partial charge in [-0.2, -0.15) is 0 Å². The van der Waals surface area contributed by atoms with Gasteiger partial charge in [-0.3, -0.25) is 0 Å². The topological polar surface area (TPSA) is 39.7 Å². The van der Waals surface area contributed by atoms with Crippen LogP contribution >= 0.6 is 0 Å². The number of rotatable bonds is 10. The summed E-state index contributed by atoms with van der Waals surface area (Å²) < 4.78 is 28.3. The van der Waals surface area contributed by atoms with E-state index in [0.717, 1.165) is 5.69 Å². The number of halogens is 1. The first-order chi connectivity index (χ1) is 8.83. The molecule has 1 aromatic rings. The Hall–Kier alpha value is -1.17. The van der Waals surface area contributed by atoms with Gasteiger partial charge in [0.05, 0.1) is 33.0 Å². The van der Waals surface area contributed by atoms with Crippen LogP contribution < -0.4 is 5.32 Å². The zero-order valence-electron chi connectivity index (χ0n) is 10.7. The minimum absolute atomic E-state index is 0.243. The molecule has 0 bridgehead atoms. The van der Waals surface area contributed by atoms with Crippen molar-refractivity contribution in [2.24, 2.45) is 0 Å². The lowest BCUT2D eigenvalue weighted by molar-refractivity contribution is 0.0272. The SMILES string of the molecule is COCCOCCOCCNc1cccc(F)c1. The molecule has 102 valence electrons. The molecule has 0 aliphatic heterocycles. The number of hydrogen-bond donors (Lipinski definition) is 1. The molecular weight excluding hydrogens is 237 g/mol. The smallest absolute Gasteiger partial charge is 0.125 e. The summed E-state index contributed by atoms with van der Waals surface area (Å²) in [5.41, 5.74) is 0.759. The van der Waals surface area contributed by atoms with Crippen LogP contribution in [0.15, 0.2) is 24.3 Å². The summed E-state index contributed by atoms with van der Waals surface area (Å²) in [6, 6.07) is 6.35. The predicted octanol–water partition coefficient (Wildman–Crippen LogP) is 1.92. The summed E-state index contributed by atoms with van der Waals surface area (Å²) in [6.45, 7) is 3.49. The lowest BCUT2D eigenvalue weighted by Crippen LogP contribution is -2.13. The highest BCUT2D eigenvalue weighted by Gasteiger charge is 1.94. The van der Waals surface area contributed by atoms with E-state index in [1.807, 2.05) is 6.07 Å². The van der Waals surface area contributed by atoms with Gasteiger partial charge in [-0.1, -0.05) is 6.07 Å². The van der Waals surface area contributed by atoms with Crippen molar-refractivity contribution in [3.05, 3.63) is 30.1 Å². The number of hydrogen-bond acceptors (Lipinski definition) is 4. The van der Waals surface area contributed by atoms with Crippen molar-refractivity contribution < 1.29 is 18.6 Å². The zero-order chi connectivity index (χ0) is 13.1. The van der Waals surface area contributed by atoms with E-state index in [0.29, 0.717) is 39.6 Å². The maximum atomic E-state index is 12.8. The first kappa shape index (κ1) is 14.9. The highest BCUT2D eigenvalue weighted by atomic mass is 19.1. The molecule has 1 aromatic carbocycles. The monoisotopic (exact) mass is 257 g/mol. The van der Waals surface area contributed by atoms with Gasteiger partial charge in [0, 0.05) is 19.3 Å². The van der Waals surface area contributed by atoms with Crippen molar-refractivity contribution in [2.45, 2.75) is 0 Å². The molecule has 0 aromatic heterocycles. The van der Waals surface area contributed by atoms with Gasteiger partial charge in [-0.05, 0) is 18.2 Å². The number of methoxy groups -OCH3 is 1. The van der Waals surface area contributed by atoms with Crippen LogP contribution in [-0.4, -0.2) is 46.7 Å². The number of ether oxygens (including phenoxy) is 3. The van der Waals surface area contributed by atoms with E-state index >= 15 is 0 Å². The molecular formula is C13H20FNO3. The average molecular weight is 257 g/mol. The van der Waals surface area contributed by atoms with E-state index in [1.165, 1.54) is 12.1 Å². The molecule has 0 unspecified atom stereocenters. The average Bonchev–Trinajstić information content (AvgIpc) is 2.37. The summed E-state index contributed by atoms with van der Waals surface area (Å²) in [5.74, 6) is -0.243. The molecule has 0 aliphatic carbocycles. The van der Waals surface area contributed by atoms with Crippen molar-refractivity contribution in [3.63, 3.8) is 0 Å². The van der Waals surface area contributed by atoms with Crippen molar-refractivity contribution in [3.8, 4) is 0 Å². The first-order valence-corrected chi connectivity index (χ1v) is 5.97. The van der Waals surface area contributed by atoms with Crippen LogP contribution in [0, 0.1) is 5.82 Å². The fourth-order valence-electron chi connectivity index (χ4n) is 1.33. The molecule has 5 heteroatoms. The second-order valence-corrected chi connectivity index (χ2v) is 3.65. The molecule has 0 saturated heterocycles. The Labute approximate surface area is 107 Å². The zero-order valence-corrected chi connectivity index (χ0v) is 10.7. The van der Waals surface area contributed by atoms with Crippen LogP contribution in [0.4, 0.5) is 10.1 Å². The molecule has 1 N–H and O–H groups in total. The second-order valence-electron chi connectivity index (χ2n) is 3.65. The molecule has 0 radical (unpaired) electrons. The van der Waals surface area contributed by atoms with E-state index in [1.54, 1.807) is 13.2 Å². The molecule has 0 aliphatic rings. The van der Waals surface area contributed by atoms with Gasteiger partial charge < -0.3 is 19.5 Å². The second kappa shape index (κ2) is 9.82. The summed E-state index contributed by atoms with van der Waals surface area (Å²) in [6.07, 6.45) is 0. The fraction of sp³-hybridized carbons (Fsp3) is 0.538. The van der Waals surface area contributed by atoms with Gasteiger partial charge >= 0.3 is 0 Å². The highest BCUT2D eigenvalue weighted by Crippen LogP contribution is 2.08. The summed E-state index contributed by atoms with van der Waals surface area (Å²) in [7, 11) is 1.64. The Kier molecular flexibility index (Phi) is 8.12. The van der Waals surface area contributed by atoms with Gasteiger partial charge in [0.1, 0.15) is 5.82 Å². The standard InChI is InChI=1S/C13H20FNO3/c1-16-7-8-18-10-9-17-6-5-15-13-4-2-3-12(14)11-13/h2-4,11,15H,5-10H2,1H3. The lowest BCUT2D eigenvalue weighted by atomic mass is 10.3. The number of benzene rings is 1. The number of anilines is 1. The Morgan fingerprint density at radius 1 is 1.06 bits per heavy atom. The largest absolute Gasteiger partial charge is 0.383 e. The van der Waals surface area contributed by atoms with Crippen LogP contribution in [0.1, 0.15) is 0 Å². The third-order valence-electron chi connectivity index (χ3n) is 2.20. The van der Waals surface area contributed by atoms with E-state index in [9.17, 15) is 4.39 Å². The summed E-state index contributed by atoms with van der Waals surface area (Å²) in [4.78, 5) is 0. The maximum Gasteiger partial charge on any atom is 0.125 e. The quantitative estimate of drug-likeness (QED) is 0.650. The van der Waals surface area contributed by atoms with Crippen molar-refractivity contribution in [1.29, 1.82) is 0 Å². The molecule has 0 spiro atoms. The third-order valence-corrected chi connectivity index (χ3v) is 2.20. The molecule has 0 fully saturated rings. The summed E-state index contributed by atoms with van der Waals surface area (Å²) >= 11 is 0. The number of nitrogens with one attached hydrogen (secondary N) is 1. The minimum atomic E-state index is -0.243. The molecule has 18 heavy (non-hydrogen) atoms. The predicted molar refractivity (Wildman–Crippen MR) is 68.4 cm³/mol. The highest BCUT2D eigenvalue weighted by molar-refractivity contribution is 5.42. The van der Waals surface area contributed by atoms with Crippen LogP contribution in [0.3, 0.4) is 0 Å². The summed E-state index contributed by atoms with van der Waals surface area (Å²) in [5, 5.41) is 3.07. The van der Waals surface area contributed by atoms with Gasteiger partial charge in [-0.15, -0.1) is 0 Å². The Balaban J connectivity index is 1.92. The van der Waals surface area contributed by atoms with E-state index < -0.39 is 0 Å². The Bertz CT molecular complexity index is 323. The van der Waals surface area contributed by atoms with Crippen molar-refractivity contribution in [2.75, 3.05) is 52.0 Å². The van der Waals surface area contributed by atoms with Gasteiger partial charge in [0.2, 0.25) is 0 Å². The van der Waals surface area contributed by atoms with Gasteiger partial charge in [-0.25, -0.2) is 4.39 Å². The third kappa shape index (κ3) is 7.21. The first-order valence-electron chi connectivity index (χ1n) is 5.97. The van der Waals surface area contributed by atoms with E-state index in [-0.39, 0.29) is 5.82 Å². The van der Waals surface area contributed by atoms with Crippen LogP contribution in [-0.2, 0) is 14.2 Å². The molecule has 4 nitrogen and oxygen atoms in total. The molecule has 0 amide bonds. The minimum Gasteiger partial charge on any atom is -0.383 e. The van der Waals surface area contributed by atoms with E-state index in [4.69, 9.17) is 14.2 Å². The lowest BCUT2D eigenvalue weighted by Gasteiger charge is -2.08. The Morgan fingerprint density at radius 2 is 1.78 bits per heavy atom. The molecule has 0 saturated carbocycles.